The molecular formula is C9H21FeNO. The Morgan fingerprint density at radius 1 is 1.17 bits per heavy atom. The molecule has 0 aliphatic carbocycles. The summed E-state index contributed by atoms with van der Waals surface area (Å²) >= 11 is 0. The average Bonchev–Trinajstić information content (AvgIpc) is 1.88. The molecule has 76 valence electrons. The van der Waals surface area contributed by atoms with Gasteiger partial charge in [0.05, 0.1) is 5.60 Å². The summed E-state index contributed by atoms with van der Waals surface area (Å²) in [5, 5.41) is 9.43. The number of hydrogen-bond donors (Lipinski definition) is 1. The fourth-order valence-corrected chi connectivity index (χ4v) is 0.972. The van der Waals surface area contributed by atoms with Crippen LogP contribution in [0.4, 0.5) is 0 Å². The van der Waals surface area contributed by atoms with Gasteiger partial charge < -0.3 is 10.0 Å². The first-order chi connectivity index (χ1) is 4.99. The second kappa shape index (κ2) is 6.90. The number of hydrogen-bond acceptors (Lipinski definition) is 2. The third-order valence-electron chi connectivity index (χ3n) is 1.93. The van der Waals surface area contributed by atoms with Gasteiger partial charge in [-0.25, -0.2) is 0 Å². The molecule has 0 fully saturated rings. The van der Waals surface area contributed by atoms with Gasteiger partial charge in [-0.1, -0.05) is 13.8 Å². The van der Waals surface area contributed by atoms with Gasteiger partial charge in [0.1, 0.15) is 0 Å². The minimum absolute atomic E-state index is 0. The van der Waals surface area contributed by atoms with Gasteiger partial charge in [-0.3, -0.25) is 0 Å². The molecule has 0 rings (SSSR count). The van der Waals surface area contributed by atoms with Crippen molar-refractivity contribution in [1.29, 1.82) is 0 Å². The first-order valence-corrected chi connectivity index (χ1v) is 4.44. The molecule has 3 heteroatoms. The van der Waals surface area contributed by atoms with Gasteiger partial charge in [-0.2, -0.15) is 0 Å². The molecule has 0 aliphatic heterocycles. The summed E-state index contributed by atoms with van der Waals surface area (Å²) in [7, 11) is 0. The van der Waals surface area contributed by atoms with Crippen molar-refractivity contribution < 1.29 is 22.2 Å². The van der Waals surface area contributed by atoms with E-state index in [1.807, 2.05) is 13.8 Å². The number of nitrogens with zero attached hydrogens (tertiary/aromatic N) is 1. The first kappa shape index (κ1) is 14.9. The zero-order chi connectivity index (χ0) is 8.91. The van der Waals surface area contributed by atoms with Crippen molar-refractivity contribution in [3.05, 3.63) is 0 Å². The van der Waals surface area contributed by atoms with Crippen molar-refractivity contribution in [1.82, 2.24) is 4.90 Å². The predicted molar refractivity (Wildman–Crippen MR) is 48.7 cm³/mol. The molecule has 2 nitrogen and oxygen atoms in total. The average molecular weight is 215 g/mol. The van der Waals surface area contributed by atoms with E-state index < -0.39 is 5.60 Å². The zero-order valence-electron chi connectivity index (χ0n) is 8.58. The summed E-state index contributed by atoms with van der Waals surface area (Å²) in [6.45, 7) is 11.2. The number of aliphatic hydroxyl groups is 1. The molecule has 0 aromatic heterocycles. The Hall–Kier alpha value is 0.439. The SMILES string of the molecule is CCN(CC)CCC(C)(C)O.[Fe]. The maximum atomic E-state index is 9.43. The van der Waals surface area contributed by atoms with Crippen LogP contribution in [0, 0.1) is 0 Å². The third-order valence-corrected chi connectivity index (χ3v) is 1.93. The third kappa shape index (κ3) is 8.54. The van der Waals surface area contributed by atoms with Crippen LogP contribution >= 0.6 is 0 Å². The van der Waals surface area contributed by atoms with Crippen LogP contribution in [0.3, 0.4) is 0 Å². The fraction of sp³-hybridized carbons (Fsp3) is 1.00. The van der Waals surface area contributed by atoms with Gasteiger partial charge in [0.15, 0.2) is 0 Å². The largest absolute Gasteiger partial charge is 0.390 e. The van der Waals surface area contributed by atoms with Crippen molar-refractivity contribution >= 4 is 0 Å². The first-order valence-electron chi connectivity index (χ1n) is 4.44. The van der Waals surface area contributed by atoms with E-state index in [9.17, 15) is 5.11 Å². The maximum Gasteiger partial charge on any atom is 0.0603 e. The Kier molecular flexibility index (Phi) is 8.59. The molecule has 0 saturated heterocycles. The molecule has 0 saturated carbocycles. The second-order valence-electron chi connectivity index (χ2n) is 3.59. The molecule has 0 radical (unpaired) electrons. The van der Waals surface area contributed by atoms with Crippen LogP contribution in [0.15, 0.2) is 0 Å². The Labute approximate surface area is 86.8 Å². The van der Waals surface area contributed by atoms with Crippen LogP contribution in [0.2, 0.25) is 0 Å². The normalized spacial score (nSPS) is 11.5. The molecule has 0 aromatic carbocycles. The van der Waals surface area contributed by atoms with Gasteiger partial charge >= 0.3 is 0 Å². The quantitative estimate of drug-likeness (QED) is 0.702. The summed E-state index contributed by atoms with van der Waals surface area (Å²) in [5.41, 5.74) is -0.511. The summed E-state index contributed by atoms with van der Waals surface area (Å²) < 4.78 is 0. The van der Waals surface area contributed by atoms with E-state index in [-0.39, 0.29) is 17.1 Å². The van der Waals surface area contributed by atoms with E-state index >= 15 is 0 Å². The summed E-state index contributed by atoms with van der Waals surface area (Å²) in [6, 6.07) is 0. The molecule has 0 bridgehead atoms. The van der Waals surface area contributed by atoms with Crippen LogP contribution < -0.4 is 0 Å². The smallest absolute Gasteiger partial charge is 0.0603 e. The Morgan fingerprint density at radius 2 is 1.58 bits per heavy atom. The fourth-order valence-electron chi connectivity index (χ4n) is 0.972. The van der Waals surface area contributed by atoms with Crippen LogP contribution in [-0.4, -0.2) is 35.2 Å². The van der Waals surface area contributed by atoms with Gasteiger partial charge in [0, 0.05) is 23.6 Å². The van der Waals surface area contributed by atoms with E-state index in [0.29, 0.717) is 0 Å². The van der Waals surface area contributed by atoms with E-state index in [4.69, 9.17) is 0 Å². The van der Waals surface area contributed by atoms with Crippen molar-refractivity contribution in [2.75, 3.05) is 19.6 Å². The van der Waals surface area contributed by atoms with Gasteiger partial charge in [-0.15, -0.1) is 0 Å². The van der Waals surface area contributed by atoms with Crippen LogP contribution in [0.25, 0.3) is 0 Å². The summed E-state index contributed by atoms with van der Waals surface area (Å²) in [6.07, 6.45) is 0.856. The van der Waals surface area contributed by atoms with Gasteiger partial charge in [0.25, 0.3) is 0 Å². The molecule has 0 unspecified atom stereocenters. The van der Waals surface area contributed by atoms with Gasteiger partial charge in [-0.05, 0) is 33.4 Å². The zero-order valence-corrected chi connectivity index (χ0v) is 9.68. The molecule has 12 heavy (non-hydrogen) atoms. The minimum Gasteiger partial charge on any atom is -0.390 e. The van der Waals surface area contributed by atoms with E-state index in [2.05, 4.69) is 18.7 Å². The topological polar surface area (TPSA) is 23.5 Å². The molecule has 1 N–H and O–H groups in total. The number of rotatable bonds is 5. The molecule has 0 heterocycles. The van der Waals surface area contributed by atoms with Gasteiger partial charge in [0.2, 0.25) is 0 Å². The Bertz CT molecular complexity index is 97.2. The van der Waals surface area contributed by atoms with E-state index in [1.54, 1.807) is 0 Å². The van der Waals surface area contributed by atoms with Crippen molar-refractivity contribution in [3.63, 3.8) is 0 Å². The predicted octanol–water partition coefficient (Wildman–Crippen LogP) is 1.49. The molecular weight excluding hydrogens is 194 g/mol. The monoisotopic (exact) mass is 215 g/mol. The maximum absolute atomic E-state index is 9.43. The van der Waals surface area contributed by atoms with Crippen LogP contribution in [-0.2, 0) is 17.1 Å². The Balaban J connectivity index is 0. The molecule has 0 aromatic rings. The Morgan fingerprint density at radius 3 is 1.83 bits per heavy atom. The van der Waals surface area contributed by atoms with Crippen molar-refractivity contribution in [3.8, 4) is 0 Å². The van der Waals surface area contributed by atoms with Crippen molar-refractivity contribution in [2.45, 2.75) is 39.7 Å². The van der Waals surface area contributed by atoms with Crippen LogP contribution in [0.5, 0.6) is 0 Å². The standard InChI is InChI=1S/C9H21NO.Fe/c1-5-10(6-2)8-7-9(3,4)11;/h11H,5-8H2,1-4H3;. The molecule has 0 aliphatic rings. The van der Waals surface area contributed by atoms with E-state index in [0.717, 1.165) is 26.1 Å². The van der Waals surface area contributed by atoms with E-state index in [1.165, 1.54) is 0 Å². The van der Waals surface area contributed by atoms with Crippen molar-refractivity contribution in [2.24, 2.45) is 0 Å². The molecule has 0 atom stereocenters. The molecule has 0 amide bonds. The van der Waals surface area contributed by atoms with Crippen LogP contribution in [0.1, 0.15) is 34.1 Å². The molecule has 0 spiro atoms. The minimum atomic E-state index is -0.511. The second-order valence-corrected chi connectivity index (χ2v) is 3.59. The summed E-state index contributed by atoms with van der Waals surface area (Å²) in [5.74, 6) is 0. The summed E-state index contributed by atoms with van der Waals surface area (Å²) in [4.78, 5) is 2.32.